The van der Waals surface area contributed by atoms with Crippen molar-refractivity contribution in [1.29, 1.82) is 0 Å². The number of halogens is 4. The van der Waals surface area contributed by atoms with Crippen molar-refractivity contribution in [3.63, 3.8) is 0 Å². The van der Waals surface area contributed by atoms with Crippen LogP contribution in [-0.4, -0.2) is 28.4 Å². The second-order valence-corrected chi connectivity index (χ2v) is 4.96. The Bertz CT molecular complexity index is 708. The Morgan fingerprint density at radius 1 is 1.13 bits per heavy atom. The molecule has 0 spiro atoms. The van der Waals surface area contributed by atoms with E-state index in [1.807, 2.05) is 0 Å². The van der Waals surface area contributed by atoms with Crippen molar-refractivity contribution in [3.05, 3.63) is 35.5 Å². The molecule has 0 atom stereocenters. The second kappa shape index (κ2) is 5.69. The van der Waals surface area contributed by atoms with Gasteiger partial charge < -0.3 is 13.9 Å². The van der Waals surface area contributed by atoms with E-state index in [-0.39, 0.29) is 23.9 Å². The van der Waals surface area contributed by atoms with Gasteiger partial charge in [0, 0.05) is 6.54 Å². The van der Waals surface area contributed by atoms with Gasteiger partial charge in [-0.3, -0.25) is 4.90 Å². The molecule has 23 heavy (non-hydrogen) atoms. The van der Waals surface area contributed by atoms with Crippen LogP contribution in [0.2, 0.25) is 0 Å². The minimum absolute atomic E-state index is 0.0371. The Balaban J connectivity index is 1.63. The fraction of sp³-hybridized carbons (Fsp3) is 0.385. The van der Waals surface area contributed by atoms with Gasteiger partial charge in [-0.05, 0) is 24.7 Å². The highest BCUT2D eigenvalue weighted by molar-refractivity contribution is 5.45. The van der Waals surface area contributed by atoms with E-state index in [1.165, 1.54) is 12.1 Å². The first-order valence-corrected chi connectivity index (χ1v) is 6.50. The highest BCUT2D eigenvalue weighted by atomic mass is 19.3. The number of hydrogen-bond donors (Lipinski definition) is 0. The van der Waals surface area contributed by atoms with Crippen molar-refractivity contribution in [3.8, 4) is 11.5 Å². The summed E-state index contributed by atoms with van der Waals surface area (Å²) in [7, 11) is 1.69. The van der Waals surface area contributed by atoms with Crippen LogP contribution in [0.3, 0.4) is 0 Å². The van der Waals surface area contributed by atoms with Gasteiger partial charge in [0.15, 0.2) is 11.5 Å². The van der Waals surface area contributed by atoms with Gasteiger partial charge in [-0.2, -0.15) is 8.78 Å². The second-order valence-electron chi connectivity index (χ2n) is 4.96. The molecule has 0 bridgehead atoms. The number of benzene rings is 1. The Morgan fingerprint density at radius 3 is 2.57 bits per heavy atom. The van der Waals surface area contributed by atoms with Crippen LogP contribution in [-0.2, 0) is 13.1 Å². The van der Waals surface area contributed by atoms with Crippen LogP contribution < -0.4 is 9.47 Å². The van der Waals surface area contributed by atoms with Gasteiger partial charge in [-0.25, -0.2) is 0 Å². The standard InChI is InChI=1S/C13H11F4N3O3/c1-20(6-10-18-19-12(21-10)11(14)15)5-7-2-3-8-9(4-7)23-13(16,17)22-8/h2-4,11H,5-6H2,1H3. The highest BCUT2D eigenvalue weighted by Gasteiger charge is 2.43. The highest BCUT2D eigenvalue weighted by Crippen LogP contribution is 2.41. The normalized spacial score (nSPS) is 15.6. The van der Waals surface area contributed by atoms with Crippen LogP contribution in [0, 0.1) is 0 Å². The molecule has 1 aliphatic rings. The lowest BCUT2D eigenvalue weighted by Crippen LogP contribution is -2.25. The molecule has 10 heteroatoms. The van der Waals surface area contributed by atoms with E-state index in [2.05, 4.69) is 19.7 Å². The summed E-state index contributed by atoms with van der Waals surface area (Å²) in [5, 5.41) is 6.74. The van der Waals surface area contributed by atoms with Crippen molar-refractivity contribution in [2.24, 2.45) is 0 Å². The van der Waals surface area contributed by atoms with Crippen molar-refractivity contribution in [1.82, 2.24) is 15.1 Å². The Kier molecular flexibility index (Phi) is 3.84. The molecule has 0 N–H and O–H groups in total. The zero-order valence-electron chi connectivity index (χ0n) is 11.8. The fourth-order valence-corrected chi connectivity index (χ4v) is 2.11. The van der Waals surface area contributed by atoms with Crippen molar-refractivity contribution in [2.75, 3.05) is 7.05 Å². The molecule has 6 nitrogen and oxygen atoms in total. The number of aromatic nitrogens is 2. The number of nitrogens with zero attached hydrogens (tertiary/aromatic N) is 3. The quantitative estimate of drug-likeness (QED) is 0.784. The molecule has 3 rings (SSSR count). The van der Waals surface area contributed by atoms with Gasteiger partial charge in [0.2, 0.25) is 5.89 Å². The number of alkyl halides is 4. The first-order valence-electron chi connectivity index (χ1n) is 6.50. The molecule has 0 aliphatic carbocycles. The molecule has 0 fully saturated rings. The van der Waals surface area contributed by atoms with E-state index >= 15 is 0 Å². The van der Waals surface area contributed by atoms with E-state index in [4.69, 9.17) is 4.42 Å². The summed E-state index contributed by atoms with van der Waals surface area (Å²) in [6, 6.07) is 4.39. The third-order valence-corrected chi connectivity index (χ3v) is 2.99. The fourth-order valence-electron chi connectivity index (χ4n) is 2.11. The summed E-state index contributed by atoms with van der Waals surface area (Å²) >= 11 is 0. The van der Waals surface area contributed by atoms with Crippen LogP contribution in [0.25, 0.3) is 0 Å². The van der Waals surface area contributed by atoms with Crippen LogP contribution in [0.15, 0.2) is 22.6 Å². The molecule has 0 amide bonds. The number of ether oxygens (including phenoxy) is 2. The summed E-state index contributed by atoms with van der Waals surface area (Å²) in [5.41, 5.74) is 0.668. The Labute approximate surface area is 127 Å². The monoisotopic (exact) mass is 333 g/mol. The van der Waals surface area contributed by atoms with Gasteiger partial charge in [0.05, 0.1) is 6.54 Å². The van der Waals surface area contributed by atoms with Crippen LogP contribution in [0.4, 0.5) is 17.6 Å². The third-order valence-electron chi connectivity index (χ3n) is 2.99. The van der Waals surface area contributed by atoms with Gasteiger partial charge in [-0.15, -0.1) is 19.0 Å². The summed E-state index contributed by atoms with van der Waals surface area (Å²) in [5.74, 6) is -0.799. The average Bonchev–Trinajstić information content (AvgIpc) is 3.00. The molecule has 124 valence electrons. The molecule has 0 radical (unpaired) electrons. The summed E-state index contributed by atoms with van der Waals surface area (Å²) in [4.78, 5) is 1.69. The smallest absolute Gasteiger partial charge is 0.418 e. The molecular weight excluding hydrogens is 322 g/mol. The molecule has 1 aromatic carbocycles. The SMILES string of the molecule is CN(Cc1ccc2c(c1)OC(F)(F)O2)Cc1nnc(C(F)F)o1. The largest absolute Gasteiger partial charge is 0.586 e. The average molecular weight is 333 g/mol. The van der Waals surface area contributed by atoms with Gasteiger partial charge in [-0.1, -0.05) is 6.07 Å². The molecular formula is C13H11F4N3O3. The number of rotatable bonds is 5. The molecule has 0 saturated carbocycles. The van der Waals surface area contributed by atoms with Crippen molar-refractivity contribution < 1.29 is 31.5 Å². The van der Waals surface area contributed by atoms with Crippen molar-refractivity contribution in [2.45, 2.75) is 25.8 Å². The lowest BCUT2D eigenvalue weighted by molar-refractivity contribution is -0.286. The van der Waals surface area contributed by atoms with Gasteiger partial charge >= 0.3 is 12.7 Å². The summed E-state index contributed by atoms with van der Waals surface area (Å²) in [6.45, 7) is 0.457. The number of hydrogen-bond acceptors (Lipinski definition) is 6. The van der Waals surface area contributed by atoms with Crippen LogP contribution in [0.1, 0.15) is 23.8 Å². The van der Waals surface area contributed by atoms with Crippen molar-refractivity contribution >= 4 is 0 Å². The van der Waals surface area contributed by atoms with E-state index in [9.17, 15) is 17.6 Å². The van der Waals surface area contributed by atoms with E-state index in [1.54, 1.807) is 18.0 Å². The number of fused-ring (bicyclic) bond motifs is 1. The van der Waals surface area contributed by atoms with Gasteiger partial charge in [0.1, 0.15) is 0 Å². The minimum atomic E-state index is -3.66. The molecule has 2 aromatic rings. The Hall–Kier alpha value is -2.36. The zero-order valence-corrected chi connectivity index (χ0v) is 11.8. The maximum Gasteiger partial charge on any atom is 0.586 e. The molecule has 1 aliphatic heterocycles. The summed E-state index contributed by atoms with van der Waals surface area (Å²) < 4.78 is 64.1. The first-order chi connectivity index (χ1) is 10.8. The molecule has 0 unspecified atom stereocenters. The van der Waals surface area contributed by atoms with Crippen LogP contribution >= 0.6 is 0 Å². The Morgan fingerprint density at radius 2 is 1.87 bits per heavy atom. The minimum Gasteiger partial charge on any atom is -0.418 e. The lowest BCUT2D eigenvalue weighted by atomic mass is 10.2. The predicted molar refractivity (Wildman–Crippen MR) is 67.1 cm³/mol. The van der Waals surface area contributed by atoms with E-state index in [0.717, 1.165) is 0 Å². The molecule has 1 aromatic heterocycles. The molecule has 2 heterocycles. The van der Waals surface area contributed by atoms with Gasteiger partial charge in [0.25, 0.3) is 5.89 Å². The lowest BCUT2D eigenvalue weighted by Gasteiger charge is -2.14. The zero-order chi connectivity index (χ0) is 16.6. The predicted octanol–water partition coefficient (Wildman–Crippen LogP) is 2.96. The maximum atomic E-state index is 12.9. The van der Waals surface area contributed by atoms with Crippen LogP contribution in [0.5, 0.6) is 11.5 Å². The third kappa shape index (κ3) is 3.52. The first kappa shape index (κ1) is 15.5. The molecule has 0 saturated heterocycles. The maximum absolute atomic E-state index is 12.9. The van der Waals surface area contributed by atoms with E-state index < -0.39 is 18.6 Å². The summed E-state index contributed by atoms with van der Waals surface area (Å²) in [6.07, 6.45) is -6.49. The topological polar surface area (TPSA) is 60.6 Å². The van der Waals surface area contributed by atoms with E-state index in [0.29, 0.717) is 12.1 Å².